The lowest BCUT2D eigenvalue weighted by Gasteiger charge is -2.37. The molecule has 2 aromatic heterocycles. The third kappa shape index (κ3) is 6.83. The Morgan fingerprint density at radius 1 is 1.00 bits per heavy atom. The summed E-state index contributed by atoms with van der Waals surface area (Å²) in [4.78, 5) is 38.5. The molecule has 1 fully saturated rings. The van der Waals surface area contributed by atoms with E-state index in [4.69, 9.17) is 4.74 Å². The maximum atomic E-state index is 15.1. The fraction of sp³-hybridized carbons (Fsp3) is 0.235. The van der Waals surface area contributed by atoms with Crippen LogP contribution in [-0.4, -0.2) is 56.2 Å². The minimum Gasteiger partial charge on any atom is -0.465 e. The Morgan fingerprint density at radius 2 is 1.73 bits per heavy atom. The molecule has 11 heteroatoms. The fourth-order valence-corrected chi connectivity index (χ4v) is 5.78. The van der Waals surface area contributed by atoms with Crippen molar-refractivity contribution in [3.63, 3.8) is 0 Å². The highest BCUT2D eigenvalue weighted by Gasteiger charge is 2.35. The summed E-state index contributed by atoms with van der Waals surface area (Å²) in [6.07, 6.45) is 1.40. The minimum absolute atomic E-state index is 0.0358. The molecule has 6 rings (SSSR count). The van der Waals surface area contributed by atoms with E-state index in [1.54, 1.807) is 12.1 Å². The Bertz CT molecular complexity index is 1760. The Kier molecular flexibility index (Phi) is 8.79. The quantitative estimate of drug-likeness (QED) is 0.176. The average molecular weight is 612 g/mol. The van der Waals surface area contributed by atoms with E-state index in [2.05, 4.69) is 20.3 Å². The molecule has 9 nitrogen and oxygen atoms in total. The van der Waals surface area contributed by atoms with Gasteiger partial charge in [-0.15, -0.1) is 0 Å². The second-order valence-corrected chi connectivity index (χ2v) is 11.0. The van der Waals surface area contributed by atoms with Crippen LogP contribution < -0.4 is 5.32 Å². The van der Waals surface area contributed by atoms with Crippen molar-refractivity contribution >= 4 is 28.7 Å². The number of pyridine rings is 1. The summed E-state index contributed by atoms with van der Waals surface area (Å²) in [5, 5.41) is 12.8. The highest BCUT2D eigenvalue weighted by atomic mass is 19.1. The lowest BCUT2D eigenvalue weighted by molar-refractivity contribution is -0.116. The number of aromatic amines is 1. The summed E-state index contributed by atoms with van der Waals surface area (Å²) < 4.78 is 34.7. The molecule has 1 saturated heterocycles. The summed E-state index contributed by atoms with van der Waals surface area (Å²) in [6, 6.07) is 22.3. The number of para-hydroxylation sites is 2. The molecular weight excluding hydrogens is 580 g/mol. The maximum Gasteiger partial charge on any atom is 0.408 e. The first-order valence-electron chi connectivity index (χ1n) is 14.6. The molecule has 5 aromatic rings. The van der Waals surface area contributed by atoms with Crippen molar-refractivity contribution in [2.75, 3.05) is 18.5 Å². The number of ether oxygens (including phenoxy) is 1. The average Bonchev–Trinajstić information content (AvgIpc) is 3.48. The summed E-state index contributed by atoms with van der Waals surface area (Å²) in [7, 11) is 0. The van der Waals surface area contributed by atoms with Gasteiger partial charge in [-0.1, -0.05) is 54.6 Å². The van der Waals surface area contributed by atoms with Crippen molar-refractivity contribution in [1.82, 2.24) is 19.9 Å². The van der Waals surface area contributed by atoms with Crippen LogP contribution in [0, 0.1) is 11.6 Å². The number of carbonyl (C=O) groups is 2. The third-order valence-corrected chi connectivity index (χ3v) is 8.09. The van der Waals surface area contributed by atoms with Gasteiger partial charge in [0.05, 0.1) is 48.4 Å². The number of fused-ring (bicyclic) bond motifs is 1. The molecular formula is C34H31F2N5O4. The number of amides is 2. The molecule has 3 atom stereocenters. The van der Waals surface area contributed by atoms with Gasteiger partial charge in [-0.3, -0.25) is 14.7 Å². The summed E-state index contributed by atoms with van der Waals surface area (Å²) in [6.45, 7) is 0.158. The standard InChI is InChI=1S/C34H31F2N5O4/c35-23-12-10-22(11-13-23)26(21-6-2-1-3-7-21)16-32(42)38-30-18-37-17-27(36)25(30)15-14-24-19-41(34(43)44)31(20-45-24)33-39-28-8-4-5-9-29(28)40-33/h1-13,17-18,24,26,31H,14-16,19-20H2,(H,38,42)(H,39,40)(H,43,44)/t24?,26-,31?/m1/s1. The topological polar surface area (TPSA) is 120 Å². The lowest BCUT2D eigenvalue weighted by atomic mass is 9.88. The number of nitrogens with zero attached hydrogens (tertiary/aromatic N) is 3. The molecule has 2 unspecified atom stereocenters. The highest BCUT2D eigenvalue weighted by Crippen LogP contribution is 2.31. The second-order valence-electron chi connectivity index (χ2n) is 11.0. The molecule has 45 heavy (non-hydrogen) atoms. The molecule has 3 N–H and O–H groups in total. The van der Waals surface area contributed by atoms with Crippen LogP contribution in [0.3, 0.4) is 0 Å². The van der Waals surface area contributed by atoms with Gasteiger partial charge in [-0.05, 0) is 48.2 Å². The molecule has 0 aliphatic carbocycles. The number of anilines is 1. The minimum atomic E-state index is -1.11. The molecule has 1 aliphatic rings. The monoisotopic (exact) mass is 611 g/mol. The first-order chi connectivity index (χ1) is 21.9. The van der Waals surface area contributed by atoms with E-state index in [-0.39, 0.29) is 54.9 Å². The number of rotatable bonds is 9. The van der Waals surface area contributed by atoms with Gasteiger partial charge in [0, 0.05) is 17.9 Å². The number of morpholine rings is 1. The largest absolute Gasteiger partial charge is 0.465 e. The van der Waals surface area contributed by atoms with Gasteiger partial charge in [0.1, 0.15) is 23.5 Å². The first-order valence-corrected chi connectivity index (χ1v) is 14.6. The van der Waals surface area contributed by atoms with E-state index in [1.165, 1.54) is 23.2 Å². The normalized spacial score (nSPS) is 17.2. The van der Waals surface area contributed by atoms with Crippen LogP contribution in [-0.2, 0) is 16.0 Å². The van der Waals surface area contributed by atoms with Crippen LogP contribution in [0.1, 0.15) is 47.3 Å². The Labute approximate surface area is 257 Å². The number of hydrogen-bond acceptors (Lipinski definition) is 5. The number of benzene rings is 3. The van der Waals surface area contributed by atoms with Crippen molar-refractivity contribution in [3.05, 3.63) is 125 Å². The van der Waals surface area contributed by atoms with Gasteiger partial charge in [-0.25, -0.2) is 18.6 Å². The molecule has 1 aliphatic heterocycles. The summed E-state index contributed by atoms with van der Waals surface area (Å²) >= 11 is 0. The van der Waals surface area contributed by atoms with Crippen LogP contribution in [0.4, 0.5) is 19.3 Å². The highest BCUT2D eigenvalue weighted by molar-refractivity contribution is 5.92. The molecule has 0 radical (unpaired) electrons. The van der Waals surface area contributed by atoms with Crippen molar-refractivity contribution in [3.8, 4) is 0 Å². The Hall–Kier alpha value is -5.16. The van der Waals surface area contributed by atoms with Crippen LogP contribution in [0.15, 0.2) is 91.3 Å². The predicted molar refractivity (Wildman–Crippen MR) is 164 cm³/mol. The van der Waals surface area contributed by atoms with Crippen LogP contribution in [0.25, 0.3) is 11.0 Å². The first kappa shape index (κ1) is 29.9. The van der Waals surface area contributed by atoms with Crippen LogP contribution in [0.5, 0.6) is 0 Å². The number of halogens is 2. The number of imidazole rings is 1. The molecule has 0 saturated carbocycles. The zero-order valence-corrected chi connectivity index (χ0v) is 24.2. The molecule has 230 valence electrons. The van der Waals surface area contributed by atoms with Crippen molar-refractivity contribution < 1.29 is 28.2 Å². The fourth-order valence-electron chi connectivity index (χ4n) is 5.78. The summed E-state index contributed by atoms with van der Waals surface area (Å²) in [5.74, 6) is -1.17. The van der Waals surface area contributed by atoms with Crippen molar-refractivity contribution in [1.29, 1.82) is 0 Å². The van der Waals surface area contributed by atoms with Gasteiger partial charge >= 0.3 is 6.09 Å². The lowest BCUT2D eigenvalue weighted by Crippen LogP contribution is -2.47. The SMILES string of the molecule is O=C(C[C@H](c1ccccc1)c1ccc(F)cc1)Nc1cncc(F)c1CCC1CN(C(=O)O)C(c2nc3ccccc3[nH]2)CO1. The van der Waals surface area contributed by atoms with Gasteiger partial charge in [0.25, 0.3) is 0 Å². The van der Waals surface area contributed by atoms with Gasteiger partial charge in [-0.2, -0.15) is 0 Å². The van der Waals surface area contributed by atoms with E-state index in [1.807, 2.05) is 54.6 Å². The van der Waals surface area contributed by atoms with E-state index < -0.39 is 24.1 Å². The molecule has 2 amide bonds. The van der Waals surface area contributed by atoms with E-state index >= 15 is 4.39 Å². The van der Waals surface area contributed by atoms with E-state index in [0.717, 1.165) is 28.4 Å². The van der Waals surface area contributed by atoms with E-state index in [0.29, 0.717) is 12.2 Å². The van der Waals surface area contributed by atoms with Gasteiger partial charge in [0.2, 0.25) is 5.91 Å². The van der Waals surface area contributed by atoms with Gasteiger partial charge < -0.3 is 20.1 Å². The number of H-pyrrole nitrogens is 1. The molecule has 0 spiro atoms. The smallest absolute Gasteiger partial charge is 0.408 e. The van der Waals surface area contributed by atoms with Gasteiger partial charge in [0.15, 0.2) is 0 Å². The molecule has 0 bridgehead atoms. The third-order valence-electron chi connectivity index (χ3n) is 8.09. The molecule has 3 aromatic carbocycles. The van der Waals surface area contributed by atoms with Crippen molar-refractivity contribution in [2.45, 2.75) is 37.3 Å². The number of nitrogens with one attached hydrogen (secondary N) is 2. The second kappa shape index (κ2) is 13.2. The zero-order valence-electron chi connectivity index (χ0n) is 24.2. The summed E-state index contributed by atoms with van der Waals surface area (Å²) in [5.41, 5.74) is 3.67. The maximum absolute atomic E-state index is 15.1. The number of carboxylic acid groups (broad SMARTS) is 1. The Balaban J connectivity index is 1.13. The number of carbonyl (C=O) groups excluding carboxylic acids is 1. The predicted octanol–water partition coefficient (Wildman–Crippen LogP) is 6.45. The zero-order chi connectivity index (χ0) is 31.3. The van der Waals surface area contributed by atoms with Crippen LogP contribution >= 0.6 is 0 Å². The number of hydrogen-bond donors (Lipinski definition) is 3. The molecule has 3 heterocycles. The van der Waals surface area contributed by atoms with Crippen LogP contribution in [0.2, 0.25) is 0 Å². The Morgan fingerprint density at radius 3 is 2.49 bits per heavy atom. The van der Waals surface area contributed by atoms with Crippen molar-refractivity contribution in [2.24, 2.45) is 0 Å². The van der Waals surface area contributed by atoms with E-state index in [9.17, 15) is 19.1 Å². The number of aromatic nitrogens is 3.